The van der Waals surface area contributed by atoms with Crippen LogP contribution in [-0.2, 0) is 16.6 Å². The first-order chi connectivity index (χ1) is 12.7. The van der Waals surface area contributed by atoms with Crippen LogP contribution in [0.3, 0.4) is 0 Å². The lowest BCUT2D eigenvalue weighted by atomic mass is 10.1. The number of benzene rings is 1. The molecule has 0 bridgehead atoms. The van der Waals surface area contributed by atoms with Gasteiger partial charge in [0.05, 0.1) is 11.6 Å². The van der Waals surface area contributed by atoms with E-state index in [-0.39, 0.29) is 28.0 Å². The van der Waals surface area contributed by atoms with Crippen molar-refractivity contribution in [2.75, 3.05) is 6.54 Å². The summed E-state index contributed by atoms with van der Waals surface area (Å²) in [5.41, 5.74) is 1.45. The molecule has 142 valence electrons. The molecular formula is C19H21N3O4S. The van der Waals surface area contributed by atoms with E-state index in [1.807, 2.05) is 25.3 Å². The summed E-state index contributed by atoms with van der Waals surface area (Å²) in [6.45, 7) is 6.50. The fourth-order valence-electron chi connectivity index (χ4n) is 3.91. The number of carbonyl (C=O) groups excluding carboxylic acids is 2. The van der Waals surface area contributed by atoms with Crippen LogP contribution in [-0.4, -0.2) is 46.6 Å². The average molecular weight is 387 g/mol. The standard InChI is InChI=1S/C19H21N3O4S/c1-12(2)22-19(24)15-7-6-14(11-17(15)27(22,25)26)18(23)21-10-9-20-8-4-5-16(20)13(21)3/h4-8,11-13H,9-10H2,1-3H3. The van der Waals surface area contributed by atoms with Gasteiger partial charge in [-0.3, -0.25) is 9.59 Å². The van der Waals surface area contributed by atoms with Crippen LogP contribution >= 0.6 is 0 Å². The summed E-state index contributed by atoms with van der Waals surface area (Å²) in [6, 6.07) is 7.67. The van der Waals surface area contributed by atoms with Crippen molar-refractivity contribution < 1.29 is 18.0 Å². The van der Waals surface area contributed by atoms with Crippen molar-refractivity contribution in [3.8, 4) is 0 Å². The SMILES string of the molecule is CC1c2cccn2CCN1C(=O)c1ccc2c(c1)S(=O)(=O)N(C(C)C)C2=O. The predicted octanol–water partition coefficient (Wildman–Crippen LogP) is 2.26. The maximum Gasteiger partial charge on any atom is 0.269 e. The van der Waals surface area contributed by atoms with Gasteiger partial charge in [-0.15, -0.1) is 0 Å². The number of rotatable bonds is 2. The largest absolute Gasteiger partial charge is 0.348 e. The molecule has 2 aliphatic heterocycles. The minimum Gasteiger partial charge on any atom is -0.348 e. The van der Waals surface area contributed by atoms with Crippen LogP contribution in [0.15, 0.2) is 41.4 Å². The first kappa shape index (κ1) is 17.8. The van der Waals surface area contributed by atoms with Gasteiger partial charge in [0.2, 0.25) is 0 Å². The zero-order valence-corrected chi connectivity index (χ0v) is 16.2. The normalized spacial score (nSPS) is 20.7. The summed E-state index contributed by atoms with van der Waals surface area (Å²) >= 11 is 0. The molecule has 2 amide bonds. The minimum absolute atomic E-state index is 0.0833. The van der Waals surface area contributed by atoms with Crippen molar-refractivity contribution >= 4 is 21.8 Å². The molecule has 1 atom stereocenters. The van der Waals surface area contributed by atoms with Gasteiger partial charge in [-0.2, -0.15) is 0 Å². The van der Waals surface area contributed by atoms with Crippen molar-refractivity contribution in [2.45, 2.75) is 44.3 Å². The third kappa shape index (κ3) is 2.50. The quantitative estimate of drug-likeness (QED) is 0.792. The van der Waals surface area contributed by atoms with Crippen LogP contribution < -0.4 is 0 Å². The molecule has 0 saturated carbocycles. The highest BCUT2D eigenvalue weighted by Crippen LogP contribution is 2.34. The third-order valence-electron chi connectivity index (χ3n) is 5.27. The molecule has 0 N–H and O–H groups in total. The number of amides is 2. The van der Waals surface area contributed by atoms with Gasteiger partial charge >= 0.3 is 0 Å². The van der Waals surface area contributed by atoms with Crippen LogP contribution in [0.5, 0.6) is 0 Å². The molecule has 1 aromatic heterocycles. The van der Waals surface area contributed by atoms with Crippen molar-refractivity contribution in [3.63, 3.8) is 0 Å². The van der Waals surface area contributed by atoms with E-state index in [9.17, 15) is 18.0 Å². The van der Waals surface area contributed by atoms with Crippen LogP contribution in [0, 0.1) is 0 Å². The Hall–Kier alpha value is -2.61. The van der Waals surface area contributed by atoms with Crippen LogP contribution in [0.1, 0.15) is 53.2 Å². The summed E-state index contributed by atoms with van der Waals surface area (Å²) in [5, 5.41) is 0. The lowest BCUT2D eigenvalue weighted by molar-refractivity contribution is 0.0643. The fourth-order valence-corrected chi connectivity index (χ4v) is 5.71. The van der Waals surface area contributed by atoms with E-state index in [0.717, 1.165) is 10.00 Å². The maximum atomic E-state index is 13.1. The number of sulfonamides is 1. The van der Waals surface area contributed by atoms with Crippen LogP contribution in [0.25, 0.3) is 0 Å². The lowest BCUT2D eigenvalue weighted by Gasteiger charge is -2.35. The Morgan fingerprint density at radius 1 is 1.19 bits per heavy atom. The Kier molecular flexibility index (Phi) is 3.92. The van der Waals surface area contributed by atoms with E-state index >= 15 is 0 Å². The molecule has 8 heteroatoms. The summed E-state index contributed by atoms with van der Waals surface area (Å²) in [4.78, 5) is 27.2. The van der Waals surface area contributed by atoms with Crippen LogP contribution in [0.4, 0.5) is 0 Å². The minimum atomic E-state index is -3.93. The van der Waals surface area contributed by atoms with E-state index in [1.54, 1.807) is 24.8 Å². The highest BCUT2D eigenvalue weighted by atomic mass is 32.2. The summed E-state index contributed by atoms with van der Waals surface area (Å²) in [7, 11) is -3.93. The first-order valence-electron chi connectivity index (χ1n) is 8.92. The number of hydrogen-bond acceptors (Lipinski definition) is 4. The Labute approximate surface area is 158 Å². The molecule has 1 aromatic carbocycles. The monoisotopic (exact) mass is 387 g/mol. The molecule has 4 rings (SSSR count). The second-order valence-corrected chi connectivity index (χ2v) is 9.00. The molecule has 2 aromatic rings. The van der Waals surface area contributed by atoms with Gasteiger partial charge in [-0.05, 0) is 51.1 Å². The first-order valence-corrected chi connectivity index (χ1v) is 10.4. The summed E-state index contributed by atoms with van der Waals surface area (Å²) < 4.78 is 28.5. The number of aromatic nitrogens is 1. The smallest absolute Gasteiger partial charge is 0.269 e. The van der Waals surface area contributed by atoms with E-state index in [2.05, 4.69) is 4.57 Å². The molecule has 0 fully saturated rings. The van der Waals surface area contributed by atoms with Crippen LogP contribution in [0.2, 0.25) is 0 Å². The highest BCUT2D eigenvalue weighted by molar-refractivity contribution is 7.90. The molecular weight excluding hydrogens is 366 g/mol. The molecule has 27 heavy (non-hydrogen) atoms. The molecule has 7 nitrogen and oxygen atoms in total. The summed E-state index contributed by atoms with van der Waals surface area (Å²) in [6.07, 6.45) is 1.99. The molecule has 2 aliphatic rings. The molecule has 1 unspecified atom stereocenters. The molecule has 3 heterocycles. The van der Waals surface area contributed by atoms with E-state index in [1.165, 1.54) is 12.1 Å². The Morgan fingerprint density at radius 2 is 1.93 bits per heavy atom. The number of carbonyl (C=O) groups is 2. The summed E-state index contributed by atoms with van der Waals surface area (Å²) in [5.74, 6) is -0.772. The average Bonchev–Trinajstić information content (AvgIpc) is 3.16. The zero-order chi connectivity index (χ0) is 19.5. The molecule has 0 aliphatic carbocycles. The van der Waals surface area contributed by atoms with Gasteiger partial charge in [0.15, 0.2) is 0 Å². The van der Waals surface area contributed by atoms with Gasteiger partial charge in [-0.1, -0.05) is 0 Å². The Morgan fingerprint density at radius 3 is 2.63 bits per heavy atom. The van der Waals surface area contributed by atoms with E-state index in [4.69, 9.17) is 0 Å². The highest BCUT2D eigenvalue weighted by Gasteiger charge is 2.43. The Bertz CT molecular complexity index is 1050. The molecule has 0 saturated heterocycles. The van der Waals surface area contributed by atoms with Crippen molar-refractivity contribution in [3.05, 3.63) is 53.3 Å². The van der Waals surface area contributed by atoms with Crippen molar-refractivity contribution in [2.24, 2.45) is 0 Å². The van der Waals surface area contributed by atoms with Gasteiger partial charge in [0.1, 0.15) is 4.90 Å². The fraction of sp³-hybridized carbons (Fsp3) is 0.368. The number of nitrogens with zero attached hydrogens (tertiary/aromatic N) is 3. The zero-order valence-electron chi connectivity index (χ0n) is 15.4. The van der Waals surface area contributed by atoms with E-state index in [0.29, 0.717) is 13.1 Å². The maximum absolute atomic E-state index is 13.1. The Balaban J connectivity index is 1.71. The second-order valence-electron chi connectivity index (χ2n) is 7.21. The van der Waals surface area contributed by atoms with Gasteiger partial charge in [0.25, 0.3) is 21.8 Å². The molecule has 0 spiro atoms. The second kappa shape index (κ2) is 5.95. The van der Waals surface area contributed by atoms with Gasteiger partial charge in [0, 0.05) is 36.6 Å². The van der Waals surface area contributed by atoms with Crippen molar-refractivity contribution in [1.82, 2.24) is 13.8 Å². The third-order valence-corrected chi connectivity index (χ3v) is 7.27. The lowest BCUT2D eigenvalue weighted by Crippen LogP contribution is -2.40. The van der Waals surface area contributed by atoms with Gasteiger partial charge in [-0.25, -0.2) is 12.7 Å². The van der Waals surface area contributed by atoms with Crippen molar-refractivity contribution in [1.29, 1.82) is 0 Å². The number of fused-ring (bicyclic) bond motifs is 2. The topological polar surface area (TPSA) is 79.7 Å². The number of hydrogen-bond donors (Lipinski definition) is 0. The predicted molar refractivity (Wildman–Crippen MR) is 98.8 cm³/mol. The van der Waals surface area contributed by atoms with Gasteiger partial charge < -0.3 is 9.47 Å². The van der Waals surface area contributed by atoms with E-state index < -0.39 is 22.0 Å². The molecule has 0 radical (unpaired) electrons.